The van der Waals surface area contributed by atoms with E-state index in [-0.39, 0.29) is 23.8 Å². The average molecular weight is 428 g/mol. The fourth-order valence-corrected chi connectivity index (χ4v) is 3.44. The molecule has 1 atom stereocenters. The number of amides is 2. The van der Waals surface area contributed by atoms with Crippen LogP contribution in [-0.4, -0.2) is 34.2 Å². The average Bonchev–Trinajstić information content (AvgIpc) is 2.73. The number of carbonyl (C=O) groups is 2. The van der Waals surface area contributed by atoms with Crippen LogP contribution >= 0.6 is 0 Å². The van der Waals surface area contributed by atoms with Crippen LogP contribution in [0.5, 0.6) is 0 Å². The Kier molecular flexibility index (Phi) is 6.99. The number of H-pyrrole nitrogens is 1. The molecule has 8 nitrogen and oxygen atoms in total. The Morgan fingerprint density at radius 1 is 1.19 bits per heavy atom. The number of likely N-dealkylation sites (tertiary alicyclic amines) is 1. The summed E-state index contributed by atoms with van der Waals surface area (Å²) in [5.41, 5.74) is 0.585. The molecule has 2 heterocycles. The Morgan fingerprint density at radius 3 is 2.61 bits per heavy atom. The van der Waals surface area contributed by atoms with E-state index in [0.717, 1.165) is 24.8 Å². The zero-order valence-electron chi connectivity index (χ0n) is 18.1. The van der Waals surface area contributed by atoms with Gasteiger partial charge in [-0.1, -0.05) is 30.3 Å². The van der Waals surface area contributed by atoms with Crippen molar-refractivity contribution in [2.75, 3.05) is 11.9 Å². The topological polar surface area (TPSA) is 101 Å². The molecule has 166 valence electrons. The molecule has 1 unspecified atom stereocenters. The summed E-state index contributed by atoms with van der Waals surface area (Å²) in [6.07, 6.45) is 2.87. The molecule has 2 aromatic rings. The molecule has 0 radical (unpaired) electrons. The van der Waals surface area contributed by atoms with Crippen molar-refractivity contribution in [3.05, 3.63) is 64.1 Å². The summed E-state index contributed by atoms with van der Waals surface area (Å²) < 4.78 is 10.7. The van der Waals surface area contributed by atoms with Crippen molar-refractivity contribution >= 4 is 17.9 Å². The summed E-state index contributed by atoms with van der Waals surface area (Å²) in [6.45, 7) is 6.14. The summed E-state index contributed by atoms with van der Waals surface area (Å²) in [7, 11) is 0. The third kappa shape index (κ3) is 6.34. The molecule has 8 heteroatoms. The van der Waals surface area contributed by atoms with Crippen molar-refractivity contribution in [3.8, 4) is 0 Å². The maximum atomic E-state index is 12.6. The number of hydrogen-bond acceptors (Lipinski definition) is 5. The predicted octanol–water partition coefficient (Wildman–Crippen LogP) is 4.59. The fourth-order valence-electron chi connectivity index (χ4n) is 3.44. The zero-order valence-corrected chi connectivity index (χ0v) is 18.1. The fraction of sp³-hybridized carbons (Fsp3) is 0.435. The quantitative estimate of drug-likeness (QED) is 0.743. The number of piperidine rings is 1. The molecular weight excluding hydrogens is 398 g/mol. The molecule has 2 N–H and O–H groups in total. The number of nitrogens with zero attached hydrogens (tertiary/aromatic N) is 1. The van der Waals surface area contributed by atoms with Crippen LogP contribution in [0.2, 0.25) is 0 Å². The van der Waals surface area contributed by atoms with Crippen LogP contribution in [0.15, 0.2) is 47.4 Å². The Balaban J connectivity index is 1.66. The molecule has 31 heavy (non-hydrogen) atoms. The second-order valence-electron chi connectivity index (χ2n) is 8.54. The number of ether oxygens (including phenoxy) is 2. The second kappa shape index (κ2) is 9.68. The second-order valence-corrected chi connectivity index (χ2v) is 8.54. The molecule has 1 aliphatic heterocycles. The lowest BCUT2D eigenvalue weighted by Gasteiger charge is -2.36. The van der Waals surface area contributed by atoms with Gasteiger partial charge in [0.1, 0.15) is 17.9 Å². The monoisotopic (exact) mass is 427 g/mol. The minimum absolute atomic E-state index is 0.0847. The van der Waals surface area contributed by atoms with Crippen LogP contribution < -0.4 is 10.7 Å². The predicted molar refractivity (Wildman–Crippen MR) is 117 cm³/mol. The Morgan fingerprint density at radius 2 is 1.94 bits per heavy atom. The molecule has 1 aromatic carbocycles. The van der Waals surface area contributed by atoms with Crippen LogP contribution in [0.4, 0.5) is 15.3 Å². The number of rotatable bonds is 4. The first-order valence-corrected chi connectivity index (χ1v) is 10.4. The maximum absolute atomic E-state index is 12.6. The highest BCUT2D eigenvalue weighted by Crippen LogP contribution is 2.30. The van der Waals surface area contributed by atoms with Gasteiger partial charge < -0.3 is 14.5 Å². The lowest BCUT2D eigenvalue weighted by atomic mass is 9.99. The van der Waals surface area contributed by atoms with E-state index in [1.165, 1.54) is 12.3 Å². The van der Waals surface area contributed by atoms with Gasteiger partial charge in [-0.2, -0.15) is 0 Å². The first-order valence-electron chi connectivity index (χ1n) is 10.4. The number of nitrogens with one attached hydrogen (secondary N) is 2. The number of benzene rings is 1. The SMILES string of the molecule is CC(C)(C)OC(=O)N1CCCCC1c1cc(=O)c(NC(=O)OCc2ccccc2)c[nH]1. The van der Waals surface area contributed by atoms with Crippen LogP contribution in [0.1, 0.15) is 57.3 Å². The first kappa shape index (κ1) is 22.4. The molecule has 0 spiro atoms. The van der Waals surface area contributed by atoms with Gasteiger partial charge in [0.2, 0.25) is 5.43 Å². The standard InChI is InChI=1S/C23H29N3O5/c1-23(2,3)31-22(29)26-12-8-7-11-19(26)17-13-20(27)18(14-24-17)25-21(28)30-15-16-9-5-4-6-10-16/h4-6,9-10,13-14,19H,7-8,11-12,15H2,1-3H3,(H,24,27)(H,25,28). The van der Waals surface area contributed by atoms with Gasteiger partial charge in [0.15, 0.2) is 0 Å². The normalized spacial score (nSPS) is 16.5. The summed E-state index contributed by atoms with van der Waals surface area (Å²) in [4.78, 5) is 41.9. The Bertz CT molecular complexity index is 965. The van der Waals surface area contributed by atoms with Crippen LogP contribution in [0.3, 0.4) is 0 Å². The molecule has 0 bridgehead atoms. The molecule has 1 aromatic heterocycles. The molecule has 1 saturated heterocycles. The van der Waals surface area contributed by atoms with Gasteiger partial charge in [-0.25, -0.2) is 9.59 Å². The van der Waals surface area contributed by atoms with E-state index in [2.05, 4.69) is 10.3 Å². The molecule has 0 saturated carbocycles. The Hall–Kier alpha value is -3.29. The van der Waals surface area contributed by atoms with Gasteiger partial charge in [-0.05, 0) is 45.6 Å². The van der Waals surface area contributed by atoms with E-state index >= 15 is 0 Å². The third-order valence-electron chi connectivity index (χ3n) is 4.87. The number of aromatic nitrogens is 1. The van der Waals surface area contributed by atoms with Crippen molar-refractivity contribution in [2.45, 2.75) is 58.3 Å². The lowest BCUT2D eigenvalue weighted by Crippen LogP contribution is -2.42. The Labute approximate surface area is 181 Å². The molecule has 3 rings (SSSR count). The minimum Gasteiger partial charge on any atom is -0.444 e. The largest absolute Gasteiger partial charge is 0.444 e. The molecule has 2 amide bonds. The zero-order chi connectivity index (χ0) is 22.4. The van der Waals surface area contributed by atoms with Gasteiger partial charge in [0.25, 0.3) is 0 Å². The summed E-state index contributed by atoms with van der Waals surface area (Å²) in [5, 5.41) is 2.47. The van der Waals surface area contributed by atoms with Crippen LogP contribution in [0.25, 0.3) is 0 Å². The van der Waals surface area contributed by atoms with Crippen molar-refractivity contribution in [1.29, 1.82) is 0 Å². The van der Waals surface area contributed by atoms with Crippen molar-refractivity contribution in [2.24, 2.45) is 0 Å². The number of pyridine rings is 1. The summed E-state index contributed by atoms with van der Waals surface area (Å²) in [5.74, 6) is 0. The van der Waals surface area contributed by atoms with Gasteiger partial charge in [0.05, 0.1) is 6.04 Å². The van der Waals surface area contributed by atoms with E-state index in [9.17, 15) is 14.4 Å². The van der Waals surface area contributed by atoms with Gasteiger partial charge >= 0.3 is 12.2 Å². The number of aromatic amines is 1. The summed E-state index contributed by atoms with van der Waals surface area (Å²) >= 11 is 0. The molecule has 0 aliphatic carbocycles. The van der Waals surface area contributed by atoms with Crippen molar-refractivity contribution in [3.63, 3.8) is 0 Å². The number of anilines is 1. The van der Waals surface area contributed by atoms with Crippen molar-refractivity contribution in [1.82, 2.24) is 9.88 Å². The van der Waals surface area contributed by atoms with E-state index in [4.69, 9.17) is 9.47 Å². The molecule has 1 aliphatic rings. The number of carbonyl (C=O) groups excluding carboxylic acids is 2. The molecular formula is C23H29N3O5. The smallest absolute Gasteiger partial charge is 0.412 e. The van der Waals surface area contributed by atoms with E-state index in [1.807, 2.05) is 51.1 Å². The van der Waals surface area contributed by atoms with E-state index < -0.39 is 17.8 Å². The minimum atomic E-state index is -0.713. The van der Waals surface area contributed by atoms with Gasteiger partial charge in [-0.3, -0.25) is 15.0 Å². The van der Waals surface area contributed by atoms with E-state index in [0.29, 0.717) is 12.2 Å². The highest BCUT2D eigenvalue weighted by atomic mass is 16.6. The highest BCUT2D eigenvalue weighted by Gasteiger charge is 2.32. The highest BCUT2D eigenvalue weighted by molar-refractivity contribution is 5.84. The maximum Gasteiger partial charge on any atom is 0.412 e. The van der Waals surface area contributed by atoms with Gasteiger partial charge in [0, 0.05) is 24.5 Å². The van der Waals surface area contributed by atoms with Crippen LogP contribution in [-0.2, 0) is 16.1 Å². The third-order valence-corrected chi connectivity index (χ3v) is 4.87. The lowest BCUT2D eigenvalue weighted by molar-refractivity contribution is 0.00899. The first-order chi connectivity index (χ1) is 14.7. The van der Waals surface area contributed by atoms with Crippen molar-refractivity contribution < 1.29 is 19.1 Å². The van der Waals surface area contributed by atoms with E-state index in [1.54, 1.807) is 4.90 Å². The van der Waals surface area contributed by atoms with Gasteiger partial charge in [-0.15, -0.1) is 0 Å². The molecule has 1 fully saturated rings. The van der Waals surface area contributed by atoms with Crippen LogP contribution in [0, 0.1) is 0 Å². The summed E-state index contributed by atoms with van der Waals surface area (Å²) in [6, 6.07) is 10.4. The number of hydrogen-bond donors (Lipinski definition) is 2.